The van der Waals surface area contributed by atoms with Crippen molar-refractivity contribution in [2.24, 2.45) is 5.92 Å². The van der Waals surface area contributed by atoms with Crippen LogP contribution in [-0.4, -0.2) is 0 Å². The molecule has 1 aromatic rings. The Labute approximate surface area is 89.4 Å². The molecule has 0 bridgehead atoms. The second-order valence-electron chi connectivity index (χ2n) is 5.35. The van der Waals surface area contributed by atoms with Gasteiger partial charge in [-0.05, 0) is 16.9 Å². The van der Waals surface area contributed by atoms with E-state index in [1.807, 2.05) is 0 Å². The molecule has 0 aromatic heterocycles. The molecule has 0 saturated heterocycles. The van der Waals surface area contributed by atoms with Crippen molar-refractivity contribution in [3.8, 4) is 0 Å². The lowest BCUT2D eigenvalue weighted by Crippen LogP contribution is -2.10. The molecule has 80 valence electrons. The van der Waals surface area contributed by atoms with Gasteiger partial charge in [-0.3, -0.25) is 0 Å². The molecular weight excluding hydrogens is 168 g/mol. The zero-order valence-electron chi connectivity index (χ0n) is 10.5. The van der Waals surface area contributed by atoms with Crippen LogP contribution in [0, 0.1) is 5.92 Å². The number of benzene rings is 1. The molecule has 14 heavy (non-hydrogen) atoms. The van der Waals surface area contributed by atoms with E-state index < -0.39 is 0 Å². The Kier molecular flexibility index (Phi) is 5.52. The molecule has 0 fully saturated rings. The normalized spacial score (nSPS) is 10.8. The van der Waals surface area contributed by atoms with Crippen LogP contribution in [0.25, 0.3) is 0 Å². The molecule has 0 unspecified atom stereocenters. The molecule has 0 aliphatic rings. The highest BCUT2D eigenvalue weighted by molar-refractivity contribution is 5.21. The standard InChI is InChI=1S/C10H14.C4H10/c1-10(2,3)9-7-5-4-6-8-9;1-4(2)3/h4-8H,1-3H3;4H,1-3H3. The molecule has 0 spiro atoms. The summed E-state index contributed by atoms with van der Waals surface area (Å²) in [4.78, 5) is 0. The van der Waals surface area contributed by atoms with E-state index in [-0.39, 0.29) is 0 Å². The molecule has 1 aromatic carbocycles. The van der Waals surface area contributed by atoms with Crippen molar-refractivity contribution >= 4 is 0 Å². The van der Waals surface area contributed by atoms with Gasteiger partial charge in [0.05, 0.1) is 0 Å². The average molecular weight is 192 g/mol. The third-order valence-corrected chi connectivity index (χ3v) is 1.64. The van der Waals surface area contributed by atoms with Gasteiger partial charge >= 0.3 is 0 Å². The van der Waals surface area contributed by atoms with Gasteiger partial charge in [-0.15, -0.1) is 0 Å². The predicted octanol–water partition coefficient (Wildman–Crippen LogP) is 4.65. The monoisotopic (exact) mass is 192 g/mol. The minimum atomic E-state index is 0.293. The first-order chi connectivity index (χ1) is 6.34. The van der Waals surface area contributed by atoms with E-state index in [1.54, 1.807) is 0 Å². The summed E-state index contributed by atoms with van der Waals surface area (Å²) in [6.07, 6.45) is 0. The van der Waals surface area contributed by atoms with Crippen LogP contribution >= 0.6 is 0 Å². The third kappa shape index (κ3) is 6.71. The van der Waals surface area contributed by atoms with E-state index in [0.29, 0.717) is 5.41 Å². The van der Waals surface area contributed by atoms with Crippen LogP contribution in [0.2, 0.25) is 0 Å². The fourth-order valence-electron chi connectivity index (χ4n) is 0.938. The van der Waals surface area contributed by atoms with E-state index in [0.717, 1.165) is 5.92 Å². The average Bonchev–Trinajstić information content (AvgIpc) is 2.03. The van der Waals surface area contributed by atoms with Gasteiger partial charge in [-0.25, -0.2) is 0 Å². The molecule has 0 nitrogen and oxygen atoms in total. The molecule has 1 rings (SSSR count). The summed E-state index contributed by atoms with van der Waals surface area (Å²) in [5, 5.41) is 0. The zero-order chi connectivity index (χ0) is 11.2. The zero-order valence-corrected chi connectivity index (χ0v) is 10.5. The summed E-state index contributed by atoms with van der Waals surface area (Å²) in [6.45, 7) is 13.2. The van der Waals surface area contributed by atoms with Crippen molar-refractivity contribution in [3.63, 3.8) is 0 Å². The van der Waals surface area contributed by atoms with E-state index in [4.69, 9.17) is 0 Å². The fourth-order valence-corrected chi connectivity index (χ4v) is 0.938. The molecule has 0 amide bonds. The van der Waals surface area contributed by atoms with Gasteiger partial charge in [0.25, 0.3) is 0 Å². The molecule has 0 heteroatoms. The van der Waals surface area contributed by atoms with E-state index in [2.05, 4.69) is 71.9 Å². The number of rotatable bonds is 0. The van der Waals surface area contributed by atoms with Crippen LogP contribution in [0.15, 0.2) is 30.3 Å². The fraction of sp³-hybridized carbons (Fsp3) is 0.571. The molecule has 0 saturated carbocycles. The predicted molar refractivity (Wildman–Crippen MR) is 65.7 cm³/mol. The smallest absolute Gasteiger partial charge is 0.0132 e. The quantitative estimate of drug-likeness (QED) is 0.561. The van der Waals surface area contributed by atoms with Gasteiger partial charge in [-0.2, -0.15) is 0 Å². The maximum Gasteiger partial charge on any atom is -0.0132 e. The summed E-state index contributed by atoms with van der Waals surface area (Å²) in [7, 11) is 0. The summed E-state index contributed by atoms with van der Waals surface area (Å²) < 4.78 is 0. The minimum absolute atomic E-state index is 0.293. The first-order valence-corrected chi connectivity index (χ1v) is 5.39. The van der Waals surface area contributed by atoms with E-state index in [9.17, 15) is 0 Å². The van der Waals surface area contributed by atoms with Gasteiger partial charge in [0.2, 0.25) is 0 Å². The maximum atomic E-state index is 2.22. The summed E-state index contributed by atoms with van der Waals surface area (Å²) in [5.74, 6) is 0.833. The Balaban J connectivity index is 0.000000364. The second kappa shape index (κ2) is 5.85. The van der Waals surface area contributed by atoms with Crippen LogP contribution in [0.5, 0.6) is 0 Å². The van der Waals surface area contributed by atoms with Crippen LogP contribution < -0.4 is 0 Å². The Hall–Kier alpha value is -0.780. The molecule has 0 N–H and O–H groups in total. The van der Waals surface area contributed by atoms with Gasteiger partial charge in [-0.1, -0.05) is 71.9 Å². The third-order valence-electron chi connectivity index (χ3n) is 1.64. The minimum Gasteiger partial charge on any atom is -0.0630 e. The molecular formula is C14H24. The SMILES string of the molecule is CC(C)(C)c1ccccc1.CC(C)C. The molecule has 0 atom stereocenters. The van der Waals surface area contributed by atoms with Gasteiger partial charge in [0.1, 0.15) is 0 Å². The van der Waals surface area contributed by atoms with Crippen LogP contribution in [0.4, 0.5) is 0 Å². The molecule has 0 radical (unpaired) electrons. The highest BCUT2D eigenvalue weighted by Gasteiger charge is 2.11. The van der Waals surface area contributed by atoms with Crippen molar-refractivity contribution in [3.05, 3.63) is 35.9 Å². The molecule has 0 heterocycles. The van der Waals surface area contributed by atoms with Gasteiger partial charge < -0.3 is 0 Å². The Morgan fingerprint density at radius 3 is 1.43 bits per heavy atom. The van der Waals surface area contributed by atoms with Crippen molar-refractivity contribution in [1.82, 2.24) is 0 Å². The molecule has 0 aliphatic heterocycles. The first-order valence-electron chi connectivity index (χ1n) is 5.39. The van der Waals surface area contributed by atoms with Crippen molar-refractivity contribution < 1.29 is 0 Å². The summed E-state index contributed by atoms with van der Waals surface area (Å²) >= 11 is 0. The number of hydrogen-bond donors (Lipinski definition) is 0. The van der Waals surface area contributed by atoms with E-state index >= 15 is 0 Å². The lowest BCUT2D eigenvalue weighted by molar-refractivity contribution is 0.590. The highest BCUT2D eigenvalue weighted by Crippen LogP contribution is 2.20. The van der Waals surface area contributed by atoms with Gasteiger partial charge in [0.15, 0.2) is 0 Å². The van der Waals surface area contributed by atoms with Crippen LogP contribution in [0.3, 0.4) is 0 Å². The van der Waals surface area contributed by atoms with Crippen molar-refractivity contribution in [2.75, 3.05) is 0 Å². The highest BCUT2D eigenvalue weighted by atomic mass is 14.2. The summed E-state index contributed by atoms with van der Waals surface area (Å²) in [5.41, 5.74) is 1.69. The lowest BCUT2D eigenvalue weighted by Gasteiger charge is -2.18. The number of hydrogen-bond acceptors (Lipinski definition) is 0. The topological polar surface area (TPSA) is 0 Å². The van der Waals surface area contributed by atoms with Crippen LogP contribution in [0.1, 0.15) is 47.1 Å². The van der Waals surface area contributed by atoms with Gasteiger partial charge in [0, 0.05) is 0 Å². The Morgan fingerprint density at radius 2 is 1.21 bits per heavy atom. The van der Waals surface area contributed by atoms with Crippen molar-refractivity contribution in [1.29, 1.82) is 0 Å². The van der Waals surface area contributed by atoms with Crippen LogP contribution in [-0.2, 0) is 5.41 Å². The maximum absolute atomic E-state index is 2.22. The second-order valence-corrected chi connectivity index (χ2v) is 5.35. The lowest BCUT2D eigenvalue weighted by atomic mass is 9.87. The van der Waals surface area contributed by atoms with Crippen molar-refractivity contribution in [2.45, 2.75) is 47.0 Å². The summed E-state index contributed by atoms with van der Waals surface area (Å²) in [6, 6.07) is 10.6. The van der Waals surface area contributed by atoms with E-state index in [1.165, 1.54) is 5.56 Å². The largest absolute Gasteiger partial charge is 0.0630 e. The first kappa shape index (κ1) is 13.2. The molecule has 0 aliphatic carbocycles. The Bertz CT molecular complexity index is 223. The Morgan fingerprint density at radius 1 is 0.857 bits per heavy atom.